The minimum atomic E-state index is -4.05. The Morgan fingerprint density at radius 3 is 2.12 bits per heavy atom. The van der Waals surface area contributed by atoms with Crippen LogP contribution in [0.4, 0.5) is 11.4 Å². The second-order valence-electron chi connectivity index (χ2n) is 7.44. The molecule has 0 atom stereocenters. The third kappa shape index (κ3) is 4.89. The molecule has 0 aliphatic heterocycles. The van der Waals surface area contributed by atoms with Crippen LogP contribution in [0.1, 0.15) is 22.8 Å². The van der Waals surface area contributed by atoms with E-state index in [0.717, 1.165) is 0 Å². The molecule has 0 heterocycles. The summed E-state index contributed by atoms with van der Waals surface area (Å²) in [5.74, 6) is 0.0415. The molecular weight excluding hydrogens is 454 g/mol. The minimum absolute atomic E-state index is 0.00616. The van der Waals surface area contributed by atoms with Gasteiger partial charge in [0, 0.05) is 29.4 Å². The number of sulfonamides is 1. The lowest BCUT2D eigenvalue weighted by molar-refractivity contribution is -0.114. The van der Waals surface area contributed by atoms with Crippen molar-refractivity contribution in [3.05, 3.63) is 95.7 Å². The largest absolute Gasteiger partial charge is 0.497 e. The Balaban J connectivity index is 1.71. The van der Waals surface area contributed by atoms with Gasteiger partial charge in [0.2, 0.25) is 11.7 Å². The number of fused-ring (bicyclic) bond motifs is 1. The number of carbonyl (C=O) groups excluding carboxylic acids is 2. The molecule has 1 aliphatic rings. The molecule has 172 valence electrons. The molecule has 0 saturated carbocycles. The van der Waals surface area contributed by atoms with Crippen LogP contribution in [0.5, 0.6) is 5.75 Å². The smallest absolute Gasteiger partial charge is 0.282 e. The Hall–Kier alpha value is -4.24. The van der Waals surface area contributed by atoms with Gasteiger partial charge in [0.1, 0.15) is 5.75 Å². The number of methoxy groups -OCH3 is 1. The number of allylic oxidation sites excluding steroid dienone is 2. The van der Waals surface area contributed by atoms with E-state index >= 15 is 0 Å². The van der Waals surface area contributed by atoms with Crippen molar-refractivity contribution in [1.82, 2.24) is 0 Å². The number of ether oxygens (including phenoxy) is 1. The SMILES string of the molecule is COc1ccc(S(=O)(=O)/N=C2/C=C(Nc3ccc(NC(C)=O)cc3)C(=O)c3ccccc32)cc1. The summed E-state index contributed by atoms with van der Waals surface area (Å²) in [6.07, 6.45) is 1.42. The van der Waals surface area contributed by atoms with Gasteiger partial charge >= 0.3 is 0 Å². The normalized spacial score (nSPS) is 14.2. The molecule has 9 heteroatoms. The molecule has 0 spiro atoms. The number of rotatable bonds is 6. The van der Waals surface area contributed by atoms with Crippen LogP contribution in [0.3, 0.4) is 0 Å². The molecule has 0 fully saturated rings. The van der Waals surface area contributed by atoms with E-state index in [4.69, 9.17) is 4.74 Å². The van der Waals surface area contributed by atoms with Gasteiger partial charge in [0.15, 0.2) is 0 Å². The summed E-state index contributed by atoms with van der Waals surface area (Å²) >= 11 is 0. The Morgan fingerprint density at radius 1 is 0.882 bits per heavy atom. The highest BCUT2D eigenvalue weighted by Gasteiger charge is 2.26. The van der Waals surface area contributed by atoms with E-state index < -0.39 is 10.0 Å². The van der Waals surface area contributed by atoms with Crippen molar-refractivity contribution in [1.29, 1.82) is 0 Å². The van der Waals surface area contributed by atoms with Crippen LogP contribution >= 0.6 is 0 Å². The third-order valence-corrected chi connectivity index (χ3v) is 6.34. The zero-order valence-corrected chi connectivity index (χ0v) is 19.2. The maximum Gasteiger partial charge on any atom is 0.282 e. The van der Waals surface area contributed by atoms with Crippen LogP contribution in [0.15, 0.2) is 93.9 Å². The molecule has 0 unspecified atom stereocenters. The fourth-order valence-corrected chi connectivity index (χ4v) is 4.42. The highest BCUT2D eigenvalue weighted by Crippen LogP contribution is 2.26. The molecule has 4 rings (SSSR count). The van der Waals surface area contributed by atoms with Crippen molar-refractivity contribution >= 4 is 38.8 Å². The van der Waals surface area contributed by atoms with E-state index in [9.17, 15) is 18.0 Å². The van der Waals surface area contributed by atoms with Crippen LogP contribution in [0.2, 0.25) is 0 Å². The van der Waals surface area contributed by atoms with Crippen LogP contribution in [-0.4, -0.2) is 32.9 Å². The first-order chi connectivity index (χ1) is 16.3. The number of benzene rings is 3. The summed E-state index contributed by atoms with van der Waals surface area (Å²) in [4.78, 5) is 24.3. The fourth-order valence-electron chi connectivity index (χ4n) is 3.42. The van der Waals surface area contributed by atoms with Crippen molar-refractivity contribution in [2.45, 2.75) is 11.8 Å². The number of ketones is 1. The van der Waals surface area contributed by atoms with Gasteiger partial charge < -0.3 is 15.4 Å². The molecule has 0 radical (unpaired) electrons. The maximum atomic E-state index is 13.1. The van der Waals surface area contributed by atoms with Crippen molar-refractivity contribution in [2.75, 3.05) is 17.7 Å². The first-order valence-electron chi connectivity index (χ1n) is 10.3. The van der Waals surface area contributed by atoms with Gasteiger partial charge in [-0.25, -0.2) is 0 Å². The average molecular weight is 476 g/mol. The topological polar surface area (TPSA) is 114 Å². The zero-order chi connectivity index (χ0) is 24.3. The molecule has 3 aromatic carbocycles. The van der Waals surface area contributed by atoms with E-state index in [2.05, 4.69) is 15.0 Å². The number of hydrogen-bond donors (Lipinski definition) is 2. The molecule has 8 nitrogen and oxygen atoms in total. The van der Waals surface area contributed by atoms with Gasteiger partial charge in [0.25, 0.3) is 10.0 Å². The lowest BCUT2D eigenvalue weighted by Gasteiger charge is -2.19. The zero-order valence-electron chi connectivity index (χ0n) is 18.4. The second-order valence-corrected chi connectivity index (χ2v) is 9.05. The average Bonchev–Trinajstić information content (AvgIpc) is 2.83. The number of nitrogens with zero attached hydrogens (tertiary/aromatic N) is 1. The summed E-state index contributed by atoms with van der Waals surface area (Å²) < 4.78 is 35.1. The van der Waals surface area contributed by atoms with E-state index in [0.29, 0.717) is 28.3 Å². The highest BCUT2D eigenvalue weighted by atomic mass is 32.2. The molecule has 2 N–H and O–H groups in total. The first kappa shape index (κ1) is 22.9. The third-order valence-electron chi connectivity index (χ3n) is 5.03. The summed E-state index contributed by atoms with van der Waals surface area (Å²) in [7, 11) is -2.56. The van der Waals surface area contributed by atoms with E-state index in [1.807, 2.05) is 0 Å². The number of amides is 1. The van der Waals surface area contributed by atoms with Crippen LogP contribution in [-0.2, 0) is 14.8 Å². The first-order valence-corrected chi connectivity index (χ1v) is 11.7. The van der Waals surface area contributed by atoms with Crippen molar-refractivity contribution in [3.8, 4) is 5.75 Å². The predicted molar refractivity (Wildman–Crippen MR) is 130 cm³/mol. The molecule has 1 aliphatic carbocycles. The van der Waals surface area contributed by atoms with Crippen LogP contribution in [0, 0.1) is 0 Å². The highest BCUT2D eigenvalue weighted by molar-refractivity contribution is 7.90. The molecule has 0 saturated heterocycles. The molecule has 1 amide bonds. The van der Waals surface area contributed by atoms with E-state index in [1.54, 1.807) is 60.7 Å². The van der Waals surface area contributed by atoms with Gasteiger partial charge in [-0.2, -0.15) is 12.8 Å². The number of carbonyl (C=O) groups is 2. The summed E-state index contributed by atoms with van der Waals surface area (Å²) in [6.45, 7) is 1.41. The quantitative estimate of drug-likeness (QED) is 0.557. The minimum Gasteiger partial charge on any atom is -0.497 e. The predicted octanol–water partition coefficient (Wildman–Crippen LogP) is 4.02. The molecular formula is C25H21N3O5S. The summed E-state index contributed by atoms with van der Waals surface area (Å²) in [5, 5.41) is 5.70. The van der Waals surface area contributed by atoms with Gasteiger partial charge in [-0.1, -0.05) is 24.3 Å². The number of Topliss-reactive ketones (excluding diaryl/α,β-unsaturated/α-hetero) is 1. The van der Waals surface area contributed by atoms with Gasteiger partial charge in [-0.15, -0.1) is 0 Å². The fraction of sp³-hybridized carbons (Fsp3) is 0.0800. The summed E-state index contributed by atoms with van der Waals surface area (Å²) in [5.41, 5.74) is 2.28. The Kier molecular flexibility index (Phi) is 6.29. The number of anilines is 2. The van der Waals surface area contributed by atoms with E-state index in [1.165, 1.54) is 32.2 Å². The van der Waals surface area contributed by atoms with Crippen molar-refractivity contribution in [3.63, 3.8) is 0 Å². The molecule has 0 bridgehead atoms. The monoisotopic (exact) mass is 475 g/mol. The number of hydrogen-bond acceptors (Lipinski definition) is 6. The van der Waals surface area contributed by atoms with Gasteiger partial charge in [-0.3, -0.25) is 9.59 Å². The van der Waals surface area contributed by atoms with Crippen molar-refractivity contribution < 1.29 is 22.7 Å². The Labute approximate surface area is 197 Å². The van der Waals surface area contributed by atoms with Gasteiger partial charge in [0.05, 0.1) is 23.4 Å². The van der Waals surface area contributed by atoms with Gasteiger partial charge in [-0.05, 0) is 54.6 Å². The molecule has 34 heavy (non-hydrogen) atoms. The lowest BCUT2D eigenvalue weighted by atomic mass is 9.92. The number of nitrogens with one attached hydrogen (secondary N) is 2. The molecule has 0 aromatic heterocycles. The Morgan fingerprint density at radius 2 is 1.50 bits per heavy atom. The second kappa shape index (κ2) is 9.32. The van der Waals surface area contributed by atoms with E-state index in [-0.39, 0.29) is 28.0 Å². The van der Waals surface area contributed by atoms with Crippen LogP contribution < -0.4 is 15.4 Å². The Bertz CT molecular complexity index is 1420. The lowest BCUT2D eigenvalue weighted by Crippen LogP contribution is -2.22. The van der Waals surface area contributed by atoms with Crippen LogP contribution in [0.25, 0.3) is 0 Å². The molecule has 3 aromatic rings. The standard InChI is InChI=1S/C25H21N3O5S/c1-16(29)26-17-7-9-18(10-8-17)27-24-15-23(21-5-3-4-6-22(21)25(24)30)28-34(31,32)20-13-11-19(33-2)12-14-20/h3-15,27H,1-2H3,(H,26,29)/b28-23-. The van der Waals surface area contributed by atoms with Crippen molar-refractivity contribution in [2.24, 2.45) is 4.40 Å². The summed E-state index contributed by atoms with van der Waals surface area (Å²) in [6, 6.07) is 19.4. The maximum absolute atomic E-state index is 13.1.